The maximum Gasteiger partial charge on any atom is 0.339 e. The van der Waals surface area contributed by atoms with Crippen molar-refractivity contribution in [3.8, 4) is 11.5 Å². The van der Waals surface area contributed by atoms with Gasteiger partial charge in [-0.05, 0) is 30.2 Å². The van der Waals surface area contributed by atoms with Gasteiger partial charge in [0, 0.05) is 17.3 Å². The fraction of sp³-hybridized carbons (Fsp3) is 0.130. The van der Waals surface area contributed by atoms with E-state index in [-0.39, 0.29) is 23.8 Å². The van der Waals surface area contributed by atoms with Gasteiger partial charge in [0.1, 0.15) is 6.61 Å². The van der Waals surface area contributed by atoms with Crippen LogP contribution in [0.1, 0.15) is 16.7 Å². The highest BCUT2D eigenvalue weighted by Gasteiger charge is 2.22. The standard InChI is InChI=1S/C23H22N4O5/c1-16-8-6-7-11-19(16)25-23(28)26-24-14-18-12-20(27(29)30)22(21(13-18)31-2)32-15-17-9-4-3-5-10-17/h3-14H,15H2,1-2H3,(H2,25,26,28)/b24-14-. The summed E-state index contributed by atoms with van der Waals surface area (Å²) in [7, 11) is 1.39. The smallest absolute Gasteiger partial charge is 0.339 e. The second-order valence-electron chi connectivity index (χ2n) is 6.74. The van der Waals surface area contributed by atoms with Crippen molar-refractivity contribution in [3.05, 3.63) is 93.5 Å². The number of carbonyl (C=O) groups is 1. The Balaban J connectivity index is 1.74. The molecule has 0 aliphatic heterocycles. The van der Waals surface area contributed by atoms with Gasteiger partial charge in [0.2, 0.25) is 5.75 Å². The number of rotatable bonds is 8. The van der Waals surface area contributed by atoms with Crippen LogP contribution in [0.25, 0.3) is 0 Å². The van der Waals surface area contributed by atoms with Crippen LogP contribution in [0.5, 0.6) is 11.5 Å². The van der Waals surface area contributed by atoms with Gasteiger partial charge in [0.05, 0.1) is 18.2 Å². The van der Waals surface area contributed by atoms with Crippen molar-refractivity contribution >= 4 is 23.6 Å². The lowest BCUT2D eigenvalue weighted by Crippen LogP contribution is -2.24. The Kier molecular flexibility index (Phi) is 7.37. The van der Waals surface area contributed by atoms with Crippen LogP contribution in [0.4, 0.5) is 16.2 Å². The van der Waals surface area contributed by atoms with Crippen molar-refractivity contribution < 1.29 is 19.2 Å². The van der Waals surface area contributed by atoms with Crippen LogP contribution >= 0.6 is 0 Å². The molecule has 9 heteroatoms. The highest BCUT2D eigenvalue weighted by atomic mass is 16.6. The number of hydrogen-bond donors (Lipinski definition) is 2. The van der Waals surface area contributed by atoms with Gasteiger partial charge in [-0.1, -0.05) is 48.5 Å². The minimum Gasteiger partial charge on any atom is -0.493 e. The van der Waals surface area contributed by atoms with Gasteiger partial charge >= 0.3 is 11.7 Å². The molecular formula is C23H22N4O5. The zero-order valence-corrected chi connectivity index (χ0v) is 17.6. The van der Waals surface area contributed by atoms with E-state index in [2.05, 4.69) is 15.8 Å². The van der Waals surface area contributed by atoms with E-state index in [1.807, 2.05) is 49.4 Å². The second-order valence-corrected chi connectivity index (χ2v) is 6.74. The predicted molar refractivity (Wildman–Crippen MR) is 121 cm³/mol. The SMILES string of the molecule is COc1cc(/C=N\NC(=O)Nc2ccccc2C)cc([N+](=O)[O-])c1OCc1ccccc1. The number of benzene rings is 3. The van der Waals surface area contributed by atoms with Crippen LogP contribution in [-0.2, 0) is 6.61 Å². The third-order valence-corrected chi connectivity index (χ3v) is 4.47. The van der Waals surface area contributed by atoms with Crippen molar-refractivity contribution in [1.82, 2.24) is 5.43 Å². The van der Waals surface area contributed by atoms with Crippen molar-refractivity contribution in [2.24, 2.45) is 5.10 Å². The molecule has 0 unspecified atom stereocenters. The first-order valence-electron chi connectivity index (χ1n) is 9.66. The Morgan fingerprint density at radius 1 is 1.12 bits per heavy atom. The summed E-state index contributed by atoms with van der Waals surface area (Å²) in [4.78, 5) is 23.1. The Bertz CT molecular complexity index is 1130. The molecule has 0 spiro atoms. The molecule has 0 aliphatic rings. The lowest BCUT2D eigenvalue weighted by atomic mass is 10.1. The monoisotopic (exact) mass is 434 g/mol. The number of para-hydroxylation sites is 1. The Morgan fingerprint density at radius 3 is 2.53 bits per heavy atom. The molecule has 0 saturated carbocycles. The van der Waals surface area contributed by atoms with Crippen LogP contribution in [0.15, 0.2) is 71.8 Å². The molecule has 0 atom stereocenters. The quantitative estimate of drug-likeness (QED) is 0.304. The Labute approximate surface area is 184 Å². The van der Waals surface area contributed by atoms with Crippen LogP contribution in [-0.4, -0.2) is 24.3 Å². The summed E-state index contributed by atoms with van der Waals surface area (Å²) in [5.41, 5.74) is 4.83. The molecule has 0 heterocycles. The molecular weight excluding hydrogens is 412 g/mol. The maximum atomic E-state index is 12.0. The number of nitrogens with one attached hydrogen (secondary N) is 2. The molecule has 0 aromatic heterocycles. The number of ether oxygens (including phenoxy) is 2. The molecule has 9 nitrogen and oxygen atoms in total. The van der Waals surface area contributed by atoms with E-state index in [9.17, 15) is 14.9 Å². The highest BCUT2D eigenvalue weighted by molar-refractivity contribution is 5.91. The third-order valence-electron chi connectivity index (χ3n) is 4.47. The minimum absolute atomic E-state index is 0.0174. The second kappa shape index (κ2) is 10.6. The number of amides is 2. The number of carbonyl (C=O) groups excluding carboxylic acids is 1. The summed E-state index contributed by atoms with van der Waals surface area (Å²) in [6.45, 7) is 2.01. The average molecular weight is 434 g/mol. The van der Waals surface area contributed by atoms with Crippen molar-refractivity contribution in [2.75, 3.05) is 12.4 Å². The van der Waals surface area contributed by atoms with Gasteiger partial charge in [-0.15, -0.1) is 0 Å². The number of nitro groups is 1. The van der Waals surface area contributed by atoms with E-state index < -0.39 is 11.0 Å². The molecule has 0 saturated heterocycles. The molecule has 3 aromatic carbocycles. The molecule has 0 bridgehead atoms. The summed E-state index contributed by atoms with van der Waals surface area (Å²) in [5, 5.41) is 18.2. The van der Waals surface area contributed by atoms with Crippen LogP contribution in [0, 0.1) is 17.0 Å². The normalized spacial score (nSPS) is 10.6. The van der Waals surface area contributed by atoms with E-state index in [1.165, 1.54) is 25.5 Å². The lowest BCUT2D eigenvalue weighted by molar-refractivity contribution is -0.386. The largest absolute Gasteiger partial charge is 0.493 e. The summed E-state index contributed by atoms with van der Waals surface area (Å²) in [6.07, 6.45) is 1.29. The Hall–Kier alpha value is -4.40. The maximum absolute atomic E-state index is 12.0. The van der Waals surface area contributed by atoms with Gasteiger partial charge in [0.25, 0.3) is 0 Å². The molecule has 2 amide bonds. The average Bonchev–Trinajstić information content (AvgIpc) is 2.79. The molecule has 0 radical (unpaired) electrons. The fourth-order valence-corrected chi connectivity index (χ4v) is 2.87. The summed E-state index contributed by atoms with van der Waals surface area (Å²) in [5.74, 6) is 0.199. The molecule has 3 aromatic rings. The van der Waals surface area contributed by atoms with Gasteiger partial charge < -0.3 is 14.8 Å². The number of aryl methyl sites for hydroxylation is 1. The molecule has 164 valence electrons. The minimum atomic E-state index is -0.557. The van der Waals surface area contributed by atoms with Gasteiger partial charge in [-0.2, -0.15) is 5.10 Å². The number of methoxy groups -OCH3 is 1. The number of urea groups is 1. The molecule has 3 rings (SSSR count). The first-order chi connectivity index (χ1) is 15.5. The van der Waals surface area contributed by atoms with Gasteiger partial charge in [-0.25, -0.2) is 10.2 Å². The number of nitro benzene ring substituents is 1. The topological polar surface area (TPSA) is 115 Å². The zero-order chi connectivity index (χ0) is 22.9. The summed E-state index contributed by atoms with van der Waals surface area (Å²) >= 11 is 0. The van der Waals surface area contributed by atoms with Crippen LogP contribution in [0.3, 0.4) is 0 Å². The predicted octanol–water partition coefficient (Wildman–Crippen LogP) is 4.65. The molecule has 0 aliphatic carbocycles. The van der Waals surface area contributed by atoms with Crippen LogP contribution in [0.2, 0.25) is 0 Å². The Morgan fingerprint density at radius 2 is 1.84 bits per heavy atom. The van der Waals surface area contributed by atoms with E-state index >= 15 is 0 Å². The van der Waals surface area contributed by atoms with Crippen LogP contribution < -0.4 is 20.2 Å². The molecule has 0 fully saturated rings. The van der Waals surface area contributed by atoms with Crippen molar-refractivity contribution in [2.45, 2.75) is 13.5 Å². The van der Waals surface area contributed by atoms with E-state index in [0.29, 0.717) is 11.3 Å². The highest BCUT2D eigenvalue weighted by Crippen LogP contribution is 2.38. The van der Waals surface area contributed by atoms with E-state index in [4.69, 9.17) is 9.47 Å². The van der Waals surface area contributed by atoms with E-state index in [1.54, 1.807) is 12.1 Å². The summed E-state index contributed by atoms with van der Waals surface area (Å²) < 4.78 is 11.0. The van der Waals surface area contributed by atoms with Gasteiger partial charge in [0.15, 0.2) is 5.75 Å². The van der Waals surface area contributed by atoms with E-state index in [0.717, 1.165) is 11.1 Å². The third kappa shape index (κ3) is 5.82. The lowest BCUT2D eigenvalue weighted by Gasteiger charge is -2.12. The van der Waals surface area contributed by atoms with Crippen molar-refractivity contribution in [3.63, 3.8) is 0 Å². The number of hydrogen-bond acceptors (Lipinski definition) is 6. The summed E-state index contributed by atoms with van der Waals surface area (Å²) in [6, 6.07) is 18.9. The number of nitrogens with zero attached hydrogens (tertiary/aromatic N) is 2. The number of anilines is 1. The molecule has 2 N–H and O–H groups in total. The first kappa shape index (κ1) is 22.3. The number of hydrazone groups is 1. The molecule has 32 heavy (non-hydrogen) atoms. The fourth-order valence-electron chi connectivity index (χ4n) is 2.87. The van der Waals surface area contributed by atoms with Crippen molar-refractivity contribution in [1.29, 1.82) is 0 Å². The zero-order valence-electron chi connectivity index (χ0n) is 17.6. The first-order valence-corrected chi connectivity index (χ1v) is 9.66. The van der Waals surface area contributed by atoms with Gasteiger partial charge in [-0.3, -0.25) is 10.1 Å².